The van der Waals surface area contributed by atoms with Gasteiger partial charge < -0.3 is 9.64 Å². The van der Waals surface area contributed by atoms with Gasteiger partial charge in [-0.1, -0.05) is 24.3 Å². The zero-order chi connectivity index (χ0) is 25.4. The molecule has 36 heavy (non-hydrogen) atoms. The van der Waals surface area contributed by atoms with Crippen LogP contribution in [0.4, 0.5) is 17.6 Å². The lowest BCUT2D eigenvalue weighted by Gasteiger charge is -2.16. The highest BCUT2D eigenvalue weighted by Gasteiger charge is 2.34. The van der Waals surface area contributed by atoms with Crippen molar-refractivity contribution >= 4 is 5.91 Å². The minimum absolute atomic E-state index is 0.109. The maximum atomic E-state index is 14.2. The first-order chi connectivity index (χ1) is 17.2. The molecule has 0 N–H and O–H groups in total. The minimum Gasteiger partial charge on any atom is -0.435 e. The summed E-state index contributed by atoms with van der Waals surface area (Å²) in [6.45, 7) is 2.49. The predicted octanol–water partition coefficient (Wildman–Crippen LogP) is 6.56. The Kier molecular flexibility index (Phi) is 5.91. The molecule has 5 nitrogen and oxygen atoms in total. The van der Waals surface area contributed by atoms with E-state index in [0.717, 1.165) is 22.4 Å². The molecular weight excluding hydrogens is 474 g/mol. The Morgan fingerprint density at radius 3 is 2.42 bits per heavy atom. The van der Waals surface area contributed by atoms with Gasteiger partial charge in [-0.2, -0.15) is 13.2 Å². The Morgan fingerprint density at radius 2 is 1.69 bits per heavy atom. The fraction of sp³-hybridized carbons (Fsp3) is 0.148. The lowest BCUT2D eigenvalue weighted by molar-refractivity contribution is -0.137. The molecule has 0 bridgehead atoms. The number of benzene rings is 2. The molecule has 182 valence electrons. The van der Waals surface area contributed by atoms with Crippen molar-refractivity contribution in [3.8, 4) is 22.8 Å². The number of alkyl halides is 3. The molecule has 0 saturated heterocycles. The number of nitrogens with zero attached hydrogens (tertiary/aromatic N) is 3. The van der Waals surface area contributed by atoms with Gasteiger partial charge in [-0.15, -0.1) is 0 Å². The van der Waals surface area contributed by atoms with Crippen LogP contribution in [-0.2, 0) is 19.3 Å². The summed E-state index contributed by atoms with van der Waals surface area (Å²) in [6, 6.07) is 15.2. The summed E-state index contributed by atoms with van der Waals surface area (Å²) < 4.78 is 58.8. The Balaban J connectivity index is 1.36. The first-order valence-corrected chi connectivity index (χ1v) is 11.0. The highest BCUT2D eigenvalue weighted by Crippen LogP contribution is 2.37. The van der Waals surface area contributed by atoms with Crippen molar-refractivity contribution < 1.29 is 27.1 Å². The molecule has 0 unspecified atom stereocenters. The van der Waals surface area contributed by atoms with Crippen molar-refractivity contribution in [2.75, 3.05) is 0 Å². The summed E-state index contributed by atoms with van der Waals surface area (Å²) in [5.41, 5.74) is 3.50. The molecule has 5 rings (SSSR count). The molecule has 1 aliphatic heterocycles. The Morgan fingerprint density at radius 1 is 0.944 bits per heavy atom. The summed E-state index contributed by atoms with van der Waals surface area (Å²) in [5.74, 6) is -2.27. The molecule has 0 aliphatic carbocycles. The Bertz CT molecular complexity index is 1450. The monoisotopic (exact) mass is 493 g/mol. The van der Waals surface area contributed by atoms with E-state index in [9.17, 15) is 22.4 Å². The number of rotatable bonds is 5. The topological polar surface area (TPSA) is 55.3 Å². The highest BCUT2D eigenvalue weighted by molar-refractivity contribution is 6.00. The first-order valence-electron chi connectivity index (χ1n) is 11.0. The smallest absolute Gasteiger partial charge is 0.416 e. The molecule has 0 radical (unpaired) electrons. The van der Waals surface area contributed by atoms with Gasteiger partial charge in [0.05, 0.1) is 5.56 Å². The van der Waals surface area contributed by atoms with E-state index in [0.29, 0.717) is 30.3 Å². The fourth-order valence-corrected chi connectivity index (χ4v) is 4.09. The van der Waals surface area contributed by atoms with Gasteiger partial charge >= 0.3 is 6.18 Å². The fourth-order valence-electron chi connectivity index (χ4n) is 4.09. The van der Waals surface area contributed by atoms with E-state index < -0.39 is 29.2 Å². The number of aromatic nitrogens is 2. The average molecular weight is 493 g/mol. The van der Waals surface area contributed by atoms with Gasteiger partial charge in [0.25, 0.3) is 5.91 Å². The second-order valence-corrected chi connectivity index (χ2v) is 8.44. The average Bonchev–Trinajstić information content (AvgIpc) is 3.16. The summed E-state index contributed by atoms with van der Waals surface area (Å²) in [6.07, 6.45) is -1.55. The van der Waals surface area contributed by atoms with E-state index in [1.807, 2.05) is 43.3 Å². The Labute approximate surface area is 204 Å². The number of carbonyl (C=O) groups is 1. The van der Waals surface area contributed by atoms with E-state index in [4.69, 9.17) is 4.74 Å². The van der Waals surface area contributed by atoms with Gasteiger partial charge in [-0.25, -0.2) is 9.37 Å². The lowest BCUT2D eigenvalue weighted by Crippen LogP contribution is -2.23. The number of pyridine rings is 2. The molecule has 0 fully saturated rings. The molecule has 0 spiro atoms. The van der Waals surface area contributed by atoms with Crippen molar-refractivity contribution in [1.29, 1.82) is 0 Å². The molecule has 9 heteroatoms. The molecule has 1 amide bonds. The SMILES string of the molecule is Cc1cc(-c2ccc(CN3Cc4ccnc(Oc5cc(C(F)(F)F)ccc5F)c4C3=O)cc2)ccn1. The standard InChI is InChI=1S/C27H19F4N3O2/c1-16-12-19(8-10-32-16)18-4-2-17(3-5-18)14-34-15-20-9-11-33-25(24(20)26(34)35)36-23-13-21(27(29,30)31)6-7-22(23)28/h2-13H,14-15H2,1H3. The molecule has 1 aliphatic rings. The van der Waals surface area contributed by atoms with E-state index in [2.05, 4.69) is 9.97 Å². The number of amides is 1. The van der Waals surface area contributed by atoms with Crippen LogP contribution in [0.5, 0.6) is 11.6 Å². The van der Waals surface area contributed by atoms with Crippen molar-refractivity contribution in [2.24, 2.45) is 0 Å². The van der Waals surface area contributed by atoms with Crippen molar-refractivity contribution in [3.05, 3.63) is 107 Å². The second-order valence-electron chi connectivity index (χ2n) is 8.44. The van der Waals surface area contributed by atoms with Gasteiger partial charge in [-0.05, 0) is 65.6 Å². The summed E-state index contributed by atoms with van der Waals surface area (Å²) in [5, 5.41) is 0. The largest absolute Gasteiger partial charge is 0.435 e. The van der Waals surface area contributed by atoms with Gasteiger partial charge in [0.1, 0.15) is 5.56 Å². The molecule has 2 aromatic heterocycles. The van der Waals surface area contributed by atoms with Crippen LogP contribution in [-0.4, -0.2) is 20.8 Å². The predicted molar refractivity (Wildman–Crippen MR) is 124 cm³/mol. The maximum Gasteiger partial charge on any atom is 0.416 e. The summed E-state index contributed by atoms with van der Waals surface area (Å²) in [7, 11) is 0. The van der Waals surface area contributed by atoms with Crippen molar-refractivity contribution in [3.63, 3.8) is 0 Å². The summed E-state index contributed by atoms with van der Waals surface area (Å²) >= 11 is 0. The quantitative estimate of drug-likeness (QED) is 0.296. The van der Waals surface area contributed by atoms with Crippen molar-refractivity contribution in [1.82, 2.24) is 14.9 Å². The molecular formula is C27H19F4N3O2. The first kappa shape index (κ1) is 23.5. The van der Waals surface area contributed by atoms with Gasteiger partial charge in [0.2, 0.25) is 5.88 Å². The highest BCUT2D eigenvalue weighted by atomic mass is 19.4. The van der Waals surface area contributed by atoms with E-state index >= 15 is 0 Å². The normalized spacial score (nSPS) is 13.1. The molecule has 0 atom stereocenters. The van der Waals surface area contributed by atoms with Crippen LogP contribution in [0.15, 0.2) is 73.1 Å². The van der Waals surface area contributed by atoms with E-state index in [1.54, 1.807) is 17.2 Å². The van der Waals surface area contributed by atoms with Crippen LogP contribution in [0.3, 0.4) is 0 Å². The van der Waals surface area contributed by atoms with Gasteiger partial charge in [0, 0.05) is 31.2 Å². The van der Waals surface area contributed by atoms with Crippen LogP contribution >= 0.6 is 0 Å². The Hall–Kier alpha value is -4.27. The number of halogens is 4. The van der Waals surface area contributed by atoms with Crippen LogP contribution in [0, 0.1) is 12.7 Å². The third-order valence-corrected chi connectivity index (χ3v) is 5.89. The molecule has 2 aromatic carbocycles. The number of hydrogen-bond donors (Lipinski definition) is 0. The van der Waals surface area contributed by atoms with Gasteiger partial charge in [0.15, 0.2) is 11.6 Å². The lowest BCUT2D eigenvalue weighted by atomic mass is 10.0. The molecule has 4 aromatic rings. The number of fused-ring (bicyclic) bond motifs is 1. The van der Waals surface area contributed by atoms with Crippen LogP contribution < -0.4 is 4.74 Å². The number of aryl methyl sites for hydroxylation is 1. The van der Waals surface area contributed by atoms with Crippen molar-refractivity contribution in [2.45, 2.75) is 26.2 Å². The zero-order valence-electron chi connectivity index (χ0n) is 19.0. The molecule has 3 heterocycles. The number of ether oxygens (including phenoxy) is 1. The third-order valence-electron chi connectivity index (χ3n) is 5.89. The summed E-state index contributed by atoms with van der Waals surface area (Å²) in [4.78, 5) is 23.0. The minimum atomic E-state index is -4.67. The van der Waals surface area contributed by atoms with Crippen LogP contribution in [0.1, 0.15) is 32.7 Å². The van der Waals surface area contributed by atoms with Crippen LogP contribution in [0.2, 0.25) is 0 Å². The van der Waals surface area contributed by atoms with E-state index in [1.165, 1.54) is 6.20 Å². The second kappa shape index (κ2) is 9.07. The number of hydrogen-bond acceptors (Lipinski definition) is 4. The zero-order valence-corrected chi connectivity index (χ0v) is 19.0. The van der Waals surface area contributed by atoms with E-state index in [-0.39, 0.29) is 18.0 Å². The van der Waals surface area contributed by atoms with Crippen LogP contribution in [0.25, 0.3) is 11.1 Å². The number of carbonyl (C=O) groups excluding carboxylic acids is 1. The van der Waals surface area contributed by atoms with Gasteiger partial charge in [-0.3, -0.25) is 9.78 Å². The molecule has 0 saturated carbocycles. The maximum absolute atomic E-state index is 14.2. The third kappa shape index (κ3) is 4.64.